The van der Waals surface area contributed by atoms with Gasteiger partial charge >= 0.3 is 0 Å². The van der Waals surface area contributed by atoms with Gasteiger partial charge in [-0.2, -0.15) is 19.3 Å². The zero-order valence-corrected chi connectivity index (χ0v) is 21.1. The van der Waals surface area contributed by atoms with Crippen LogP contribution in [0, 0.1) is 12.7 Å². The lowest BCUT2D eigenvalue weighted by Gasteiger charge is -2.48. The molecule has 1 aliphatic carbocycles. The quantitative estimate of drug-likeness (QED) is 0.411. The summed E-state index contributed by atoms with van der Waals surface area (Å²) in [5.41, 5.74) is 3.89. The monoisotopic (exact) mass is 509 g/mol. The van der Waals surface area contributed by atoms with Crippen LogP contribution in [0.2, 0.25) is 0 Å². The molecule has 0 N–H and O–H groups in total. The SMILES string of the molecule is Cc1cc2c(cnn2-c2ccc(F)cc2)cc1[C@H]1CN(S(=O)(=O)c2cnn(C)n2)CCN1C1CCC1. The third-order valence-electron chi connectivity index (χ3n) is 7.50. The van der Waals surface area contributed by atoms with Crippen LogP contribution in [0.5, 0.6) is 0 Å². The molecule has 2 aromatic heterocycles. The van der Waals surface area contributed by atoms with E-state index in [2.05, 4.69) is 39.3 Å². The van der Waals surface area contributed by atoms with Crippen LogP contribution in [-0.2, 0) is 17.1 Å². The molecule has 0 amide bonds. The van der Waals surface area contributed by atoms with Gasteiger partial charge in [-0.05, 0) is 67.3 Å². The van der Waals surface area contributed by atoms with E-state index in [9.17, 15) is 12.8 Å². The summed E-state index contributed by atoms with van der Waals surface area (Å²) in [5.74, 6) is -0.289. The minimum absolute atomic E-state index is 0.0198. The number of aryl methyl sites for hydroxylation is 2. The summed E-state index contributed by atoms with van der Waals surface area (Å²) < 4.78 is 43.5. The van der Waals surface area contributed by atoms with Crippen LogP contribution < -0.4 is 0 Å². The first-order valence-corrected chi connectivity index (χ1v) is 13.6. The second kappa shape index (κ2) is 8.75. The van der Waals surface area contributed by atoms with E-state index < -0.39 is 10.0 Å². The Balaban J connectivity index is 1.38. The van der Waals surface area contributed by atoms with E-state index in [1.165, 1.54) is 29.5 Å². The van der Waals surface area contributed by atoms with Crippen molar-refractivity contribution in [2.75, 3.05) is 19.6 Å². The number of fused-ring (bicyclic) bond motifs is 1. The molecule has 36 heavy (non-hydrogen) atoms. The van der Waals surface area contributed by atoms with E-state index in [1.807, 2.05) is 6.20 Å². The highest BCUT2D eigenvalue weighted by Crippen LogP contribution is 2.38. The molecule has 11 heteroatoms. The number of benzene rings is 2. The maximum absolute atomic E-state index is 13.4. The van der Waals surface area contributed by atoms with Crippen molar-refractivity contribution in [3.63, 3.8) is 0 Å². The summed E-state index contributed by atoms with van der Waals surface area (Å²) in [6.07, 6.45) is 6.60. The van der Waals surface area contributed by atoms with Gasteiger partial charge in [-0.15, -0.1) is 5.10 Å². The van der Waals surface area contributed by atoms with Gasteiger partial charge in [0.05, 0.1) is 23.6 Å². The molecule has 0 bridgehead atoms. The lowest BCUT2D eigenvalue weighted by atomic mass is 9.87. The van der Waals surface area contributed by atoms with E-state index in [0.29, 0.717) is 25.7 Å². The lowest BCUT2D eigenvalue weighted by molar-refractivity contribution is 0.0359. The highest BCUT2D eigenvalue weighted by Gasteiger charge is 2.40. The van der Waals surface area contributed by atoms with Crippen LogP contribution in [0.1, 0.15) is 36.4 Å². The fourth-order valence-corrected chi connectivity index (χ4v) is 6.67. The molecule has 1 aliphatic heterocycles. The molecule has 4 aromatic rings. The fraction of sp³-hybridized carbons (Fsp3) is 0.400. The number of piperazine rings is 1. The van der Waals surface area contributed by atoms with Crippen LogP contribution in [0.15, 0.2) is 53.8 Å². The molecular weight excluding hydrogens is 481 g/mol. The number of halogens is 1. The van der Waals surface area contributed by atoms with Gasteiger partial charge in [0.25, 0.3) is 10.0 Å². The Labute approximate surface area is 209 Å². The van der Waals surface area contributed by atoms with Crippen LogP contribution >= 0.6 is 0 Å². The summed E-state index contributed by atoms with van der Waals surface area (Å²) >= 11 is 0. The molecular formula is C25H28FN7O2S. The van der Waals surface area contributed by atoms with Gasteiger partial charge in [-0.3, -0.25) is 4.90 Å². The largest absolute Gasteiger partial charge is 0.291 e. The number of hydrogen-bond acceptors (Lipinski definition) is 6. The van der Waals surface area contributed by atoms with E-state index in [0.717, 1.165) is 40.6 Å². The zero-order valence-electron chi connectivity index (χ0n) is 20.2. The molecule has 188 valence electrons. The van der Waals surface area contributed by atoms with Crippen molar-refractivity contribution >= 4 is 20.9 Å². The topological polar surface area (TPSA) is 89.2 Å². The van der Waals surface area contributed by atoms with Crippen LogP contribution in [0.25, 0.3) is 16.6 Å². The van der Waals surface area contributed by atoms with Crippen LogP contribution in [0.4, 0.5) is 4.39 Å². The normalized spacial score (nSPS) is 20.1. The molecule has 0 radical (unpaired) electrons. The van der Waals surface area contributed by atoms with Crippen LogP contribution in [0.3, 0.4) is 0 Å². The Morgan fingerprint density at radius 3 is 2.47 bits per heavy atom. The van der Waals surface area contributed by atoms with Crippen molar-refractivity contribution in [2.45, 2.75) is 43.3 Å². The Morgan fingerprint density at radius 1 is 1.03 bits per heavy atom. The van der Waals surface area contributed by atoms with Crippen molar-refractivity contribution in [1.82, 2.24) is 34.0 Å². The van der Waals surface area contributed by atoms with Gasteiger partial charge in [-0.1, -0.05) is 6.42 Å². The molecule has 3 heterocycles. The number of aromatic nitrogens is 5. The molecule has 1 atom stereocenters. The smallest absolute Gasteiger partial charge is 0.264 e. The van der Waals surface area contributed by atoms with Gasteiger partial charge in [0.2, 0.25) is 5.03 Å². The maximum atomic E-state index is 13.4. The van der Waals surface area contributed by atoms with Gasteiger partial charge in [0, 0.05) is 44.2 Å². The van der Waals surface area contributed by atoms with E-state index >= 15 is 0 Å². The molecule has 2 fully saturated rings. The maximum Gasteiger partial charge on any atom is 0.264 e. The van der Waals surface area contributed by atoms with Crippen LogP contribution in [-0.4, -0.2) is 68.1 Å². The minimum Gasteiger partial charge on any atom is -0.291 e. The van der Waals surface area contributed by atoms with Crippen molar-refractivity contribution in [2.24, 2.45) is 7.05 Å². The summed E-state index contributed by atoms with van der Waals surface area (Å²) in [6, 6.07) is 10.9. The molecule has 1 saturated heterocycles. The first-order chi connectivity index (χ1) is 17.3. The molecule has 0 unspecified atom stereocenters. The van der Waals surface area contributed by atoms with Gasteiger partial charge in [-0.25, -0.2) is 17.5 Å². The van der Waals surface area contributed by atoms with Gasteiger partial charge in [0.15, 0.2) is 0 Å². The van der Waals surface area contributed by atoms with E-state index in [4.69, 9.17) is 0 Å². The summed E-state index contributed by atoms with van der Waals surface area (Å²) in [4.78, 5) is 3.75. The van der Waals surface area contributed by atoms with Crippen molar-refractivity contribution in [3.8, 4) is 5.69 Å². The number of rotatable bonds is 5. The average molecular weight is 510 g/mol. The predicted octanol–water partition coefficient (Wildman–Crippen LogP) is 3.20. The predicted molar refractivity (Wildman–Crippen MR) is 133 cm³/mol. The lowest BCUT2D eigenvalue weighted by Crippen LogP contribution is -2.55. The first-order valence-electron chi connectivity index (χ1n) is 12.2. The number of sulfonamides is 1. The van der Waals surface area contributed by atoms with Crippen molar-refractivity contribution < 1.29 is 12.8 Å². The third-order valence-corrected chi connectivity index (χ3v) is 9.22. The molecule has 6 rings (SSSR count). The third kappa shape index (κ3) is 3.91. The van der Waals surface area contributed by atoms with Crippen molar-refractivity contribution in [3.05, 3.63) is 65.7 Å². The number of hydrogen-bond donors (Lipinski definition) is 0. The van der Waals surface area contributed by atoms with E-state index in [-0.39, 0.29) is 16.9 Å². The Kier molecular flexibility index (Phi) is 5.66. The van der Waals surface area contributed by atoms with E-state index in [1.54, 1.807) is 28.2 Å². The molecule has 0 spiro atoms. The van der Waals surface area contributed by atoms with Gasteiger partial charge < -0.3 is 0 Å². The number of nitrogens with zero attached hydrogens (tertiary/aromatic N) is 7. The Bertz CT molecular complexity index is 1530. The highest BCUT2D eigenvalue weighted by atomic mass is 32.2. The van der Waals surface area contributed by atoms with Crippen molar-refractivity contribution in [1.29, 1.82) is 0 Å². The highest BCUT2D eigenvalue weighted by molar-refractivity contribution is 7.89. The molecule has 9 nitrogen and oxygen atoms in total. The first kappa shape index (κ1) is 23.3. The fourth-order valence-electron chi connectivity index (χ4n) is 5.34. The summed E-state index contributed by atoms with van der Waals surface area (Å²) in [5, 5.41) is 13.5. The summed E-state index contributed by atoms with van der Waals surface area (Å²) in [7, 11) is -2.13. The minimum atomic E-state index is -3.75. The average Bonchev–Trinajstić information content (AvgIpc) is 3.45. The molecule has 2 aliphatic rings. The second-order valence-electron chi connectivity index (χ2n) is 9.67. The van der Waals surface area contributed by atoms with Gasteiger partial charge in [0.1, 0.15) is 5.82 Å². The standard InChI is InChI=1S/C25H28FN7O2S/c1-17-12-23-18(14-28-33(23)21-8-6-19(26)7-9-21)13-22(17)24-16-31(10-11-32(24)20-4-3-5-20)36(34,35)25-15-27-30(2)29-25/h6-9,12-15,20,24H,3-5,10-11,16H2,1-2H3/t24-/m1/s1. The molecule has 1 saturated carbocycles. The summed E-state index contributed by atoms with van der Waals surface area (Å²) in [6.45, 7) is 3.51. The Hall–Kier alpha value is -3.15. The zero-order chi connectivity index (χ0) is 25.0. The second-order valence-corrected chi connectivity index (χ2v) is 11.6. The Morgan fingerprint density at radius 2 is 1.81 bits per heavy atom. The molecule has 2 aromatic carbocycles.